The van der Waals surface area contributed by atoms with Crippen molar-refractivity contribution in [2.24, 2.45) is 5.73 Å². The van der Waals surface area contributed by atoms with E-state index in [-0.39, 0.29) is 5.78 Å². The number of benzene rings is 1. The second-order valence-electron chi connectivity index (χ2n) is 3.56. The molecular weight excluding hydrogens is 347 g/mol. The monoisotopic (exact) mass is 358 g/mol. The van der Waals surface area contributed by atoms with E-state index in [1.807, 2.05) is 24.3 Å². The van der Waals surface area contributed by atoms with Gasteiger partial charge < -0.3 is 5.73 Å². The van der Waals surface area contributed by atoms with E-state index in [1.165, 1.54) is 11.3 Å². The average Bonchev–Trinajstić information content (AvgIpc) is 2.81. The van der Waals surface area contributed by atoms with Crippen LogP contribution in [0, 0.1) is 3.57 Å². The van der Waals surface area contributed by atoms with Gasteiger partial charge in [-0.25, -0.2) is 4.98 Å². The highest BCUT2D eigenvalue weighted by molar-refractivity contribution is 14.1. The Hall–Kier alpha value is -0.790. The summed E-state index contributed by atoms with van der Waals surface area (Å²) in [6, 6.07) is 7.93. The summed E-state index contributed by atoms with van der Waals surface area (Å²) in [4.78, 5) is 16.1. The van der Waals surface area contributed by atoms with Gasteiger partial charge in [-0.2, -0.15) is 0 Å². The van der Waals surface area contributed by atoms with E-state index < -0.39 is 0 Å². The fourth-order valence-corrected chi connectivity index (χ4v) is 2.45. The average molecular weight is 358 g/mol. The van der Waals surface area contributed by atoms with Crippen LogP contribution in [0.5, 0.6) is 0 Å². The van der Waals surface area contributed by atoms with Crippen molar-refractivity contribution in [3.63, 3.8) is 0 Å². The van der Waals surface area contributed by atoms with Gasteiger partial charge in [0.1, 0.15) is 10.7 Å². The van der Waals surface area contributed by atoms with Crippen molar-refractivity contribution in [2.75, 3.05) is 0 Å². The molecule has 88 valence electrons. The van der Waals surface area contributed by atoms with Gasteiger partial charge in [0.25, 0.3) is 0 Å². The largest absolute Gasteiger partial charge is 0.325 e. The first-order valence-electron chi connectivity index (χ1n) is 5.11. The van der Waals surface area contributed by atoms with E-state index in [9.17, 15) is 4.79 Å². The first-order chi connectivity index (χ1) is 8.19. The maximum atomic E-state index is 11.9. The van der Waals surface area contributed by atoms with E-state index in [1.54, 1.807) is 5.38 Å². The van der Waals surface area contributed by atoms with Crippen molar-refractivity contribution in [1.82, 2.24) is 4.98 Å². The number of hydrogen-bond acceptors (Lipinski definition) is 4. The Morgan fingerprint density at radius 3 is 2.65 bits per heavy atom. The number of hydrogen-bond donors (Lipinski definition) is 1. The maximum absolute atomic E-state index is 11.9. The number of nitrogens with two attached hydrogens (primary N) is 1. The lowest BCUT2D eigenvalue weighted by molar-refractivity contribution is 0.0988. The molecular formula is C12H11IN2OS. The minimum atomic E-state index is 0.0437. The molecule has 1 aromatic heterocycles. The summed E-state index contributed by atoms with van der Waals surface area (Å²) in [6.45, 7) is 0.390. The second-order valence-corrected chi connectivity index (χ2v) is 5.75. The number of aromatic nitrogens is 1. The Labute approximate surface area is 117 Å². The normalized spacial score (nSPS) is 10.5. The lowest BCUT2D eigenvalue weighted by Gasteiger charge is -1.99. The summed E-state index contributed by atoms with van der Waals surface area (Å²) in [7, 11) is 0. The molecule has 0 aliphatic heterocycles. The van der Waals surface area contributed by atoms with Crippen LogP contribution in [-0.4, -0.2) is 10.8 Å². The van der Waals surface area contributed by atoms with Crippen molar-refractivity contribution in [3.05, 3.63) is 49.5 Å². The van der Waals surface area contributed by atoms with Crippen molar-refractivity contribution in [2.45, 2.75) is 13.0 Å². The van der Waals surface area contributed by atoms with Gasteiger partial charge in [0.05, 0.1) is 0 Å². The summed E-state index contributed by atoms with van der Waals surface area (Å²) < 4.78 is 1.16. The van der Waals surface area contributed by atoms with Crippen LogP contribution in [0.25, 0.3) is 0 Å². The highest BCUT2D eigenvalue weighted by atomic mass is 127. The highest BCUT2D eigenvalue weighted by Crippen LogP contribution is 2.13. The van der Waals surface area contributed by atoms with Crippen LogP contribution in [0.2, 0.25) is 0 Å². The summed E-state index contributed by atoms with van der Waals surface area (Å²) in [5, 5.41) is 2.58. The molecule has 0 bridgehead atoms. The summed E-state index contributed by atoms with van der Waals surface area (Å²) in [6.07, 6.45) is 0.394. The van der Waals surface area contributed by atoms with Gasteiger partial charge in [0.15, 0.2) is 5.78 Å². The number of carbonyl (C=O) groups excluding carboxylic acids is 1. The third-order valence-electron chi connectivity index (χ3n) is 2.29. The molecule has 0 aliphatic carbocycles. The number of Topliss-reactive ketones (excluding diaryl/α,β-unsaturated/α-hetero) is 1. The molecule has 1 heterocycles. The van der Waals surface area contributed by atoms with Gasteiger partial charge in [0, 0.05) is 21.9 Å². The standard InChI is InChI=1S/C12H11IN2OS/c13-9-3-1-8(2-4-9)5-11(16)10-7-17-12(6-14)15-10/h1-4,7H,5-6,14H2. The Bertz CT molecular complexity index is 522. The van der Waals surface area contributed by atoms with Crippen molar-refractivity contribution in [1.29, 1.82) is 0 Å². The number of rotatable bonds is 4. The predicted molar refractivity (Wildman–Crippen MR) is 77.2 cm³/mol. The lowest BCUT2D eigenvalue weighted by Crippen LogP contribution is -2.05. The Morgan fingerprint density at radius 1 is 1.35 bits per heavy atom. The van der Waals surface area contributed by atoms with Crippen LogP contribution in [0.3, 0.4) is 0 Å². The minimum absolute atomic E-state index is 0.0437. The van der Waals surface area contributed by atoms with E-state index in [0.29, 0.717) is 18.7 Å². The van der Waals surface area contributed by atoms with Crippen molar-refractivity contribution < 1.29 is 4.79 Å². The molecule has 0 amide bonds. The van der Waals surface area contributed by atoms with Gasteiger partial charge in [-0.1, -0.05) is 12.1 Å². The van der Waals surface area contributed by atoms with Crippen LogP contribution < -0.4 is 5.73 Å². The van der Waals surface area contributed by atoms with E-state index in [4.69, 9.17) is 5.73 Å². The minimum Gasteiger partial charge on any atom is -0.325 e. The first-order valence-corrected chi connectivity index (χ1v) is 7.07. The Balaban J connectivity index is 2.08. The quantitative estimate of drug-likeness (QED) is 0.675. The molecule has 0 aliphatic rings. The van der Waals surface area contributed by atoms with Gasteiger partial charge in [0.2, 0.25) is 0 Å². The van der Waals surface area contributed by atoms with E-state index in [0.717, 1.165) is 14.1 Å². The third kappa shape index (κ3) is 3.34. The Kier molecular flexibility index (Phi) is 4.25. The SMILES string of the molecule is NCc1nc(C(=O)Cc2ccc(I)cc2)cs1. The zero-order valence-corrected chi connectivity index (χ0v) is 12.0. The maximum Gasteiger partial charge on any atom is 0.186 e. The topological polar surface area (TPSA) is 56.0 Å². The number of thiazole rings is 1. The van der Waals surface area contributed by atoms with E-state index >= 15 is 0 Å². The van der Waals surface area contributed by atoms with Crippen molar-refractivity contribution >= 4 is 39.7 Å². The second kappa shape index (κ2) is 5.70. The molecule has 0 saturated carbocycles. The van der Waals surface area contributed by atoms with Gasteiger partial charge >= 0.3 is 0 Å². The number of ketones is 1. The number of carbonyl (C=O) groups is 1. The van der Waals surface area contributed by atoms with Gasteiger partial charge in [-0.15, -0.1) is 11.3 Å². The summed E-state index contributed by atoms with van der Waals surface area (Å²) >= 11 is 3.67. The van der Waals surface area contributed by atoms with Crippen LogP contribution in [0.15, 0.2) is 29.6 Å². The van der Waals surface area contributed by atoms with E-state index in [2.05, 4.69) is 27.6 Å². The molecule has 2 N–H and O–H groups in total. The fourth-order valence-electron chi connectivity index (χ4n) is 1.41. The molecule has 0 spiro atoms. The first kappa shape index (κ1) is 12.7. The summed E-state index contributed by atoms with van der Waals surface area (Å²) in [5.41, 5.74) is 7.00. The zero-order valence-electron chi connectivity index (χ0n) is 9.02. The van der Waals surface area contributed by atoms with Crippen LogP contribution in [-0.2, 0) is 13.0 Å². The molecule has 3 nitrogen and oxygen atoms in total. The van der Waals surface area contributed by atoms with Gasteiger partial charge in [-0.05, 0) is 40.3 Å². The number of nitrogens with zero attached hydrogens (tertiary/aromatic N) is 1. The third-order valence-corrected chi connectivity index (χ3v) is 3.88. The van der Waals surface area contributed by atoms with Crippen LogP contribution in [0.1, 0.15) is 21.1 Å². The van der Waals surface area contributed by atoms with Crippen LogP contribution >= 0.6 is 33.9 Å². The molecule has 17 heavy (non-hydrogen) atoms. The fraction of sp³-hybridized carbons (Fsp3) is 0.167. The Morgan fingerprint density at radius 2 is 2.06 bits per heavy atom. The summed E-state index contributed by atoms with van der Waals surface area (Å²) in [5.74, 6) is 0.0437. The number of halogens is 1. The molecule has 2 aromatic rings. The smallest absolute Gasteiger partial charge is 0.186 e. The molecule has 0 unspecified atom stereocenters. The van der Waals surface area contributed by atoms with Crippen molar-refractivity contribution in [3.8, 4) is 0 Å². The molecule has 0 saturated heterocycles. The highest BCUT2D eigenvalue weighted by Gasteiger charge is 2.10. The lowest BCUT2D eigenvalue weighted by atomic mass is 10.1. The molecule has 1 aromatic carbocycles. The molecule has 2 rings (SSSR count). The molecule has 0 fully saturated rings. The predicted octanol–water partition coefficient (Wildman–Crippen LogP) is 2.63. The van der Waals surface area contributed by atoms with Crippen LogP contribution in [0.4, 0.5) is 0 Å². The molecule has 5 heteroatoms. The zero-order chi connectivity index (χ0) is 12.3. The van der Waals surface area contributed by atoms with Gasteiger partial charge in [-0.3, -0.25) is 4.79 Å². The molecule has 0 radical (unpaired) electrons. The molecule has 0 atom stereocenters.